The first-order valence-corrected chi connectivity index (χ1v) is 9.48. The van der Waals surface area contributed by atoms with E-state index in [-0.39, 0.29) is 24.5 Å². The van der Waals surface area contributed by atoms with Crippen molar-refractivity contribution in [1.82, 2.24) is 5.32 Å². The van der Waals surface area contributed by atoms with E-state index in [2.05, 4.69) is 10.1 Å². The van der Waals surface area contributed by atoms with Crippen LogP contribution in [0.4, 0.5) is 0 Å². The van der Waals surface area contributed by atoms with Crippen LogP contribution in [-0.2, 0) is 9.53 Å². The number of hydrogen-bond acceptors (Lipinski definition) is 6. The third-order valence-electron chi connectivity index (χ3n) is 4.55. The highest BCUT2D eigenvalue weighted by Crippen LogP contribution is 2.34. The lowest BCUT2D eigenvalue weighted by Crippen LogP contribution is -2.35. The van der Waals surface area contributed by atoms with E-state index in [4.69, 9.17) is 14.2 Å². The van der Waals surface area contributed by atoms with Gasteiger partial charge in [0, 0.05) is 0 Å². The second-order valence-electron chi connectivity index (χ2n) is 7.00. The molecule has 0 aromatic heterocycles. The predicted octanol–water partition coefficient (Wildman–Crippen LogP) is 3.14. The van der Waals surface area contributed by atoms with E-state index in [1.807, 2.05) is 32.0 Å². The van der Waals surface area contributed by atoms with E-state index < -0.39 is 5.97 Å². The quantitative estimate of drug-likeness (QED) is 0.721. The molecule has 0 spiro atoms. The highest BCUT2D eigenvalue weighted by atomic mass is 16.6. The second kappa shape index (κ2) is 9.32. The Labute approximate surface area is 169 Å². The monoisotopic (exact) mass is 399 g/mol. The molecule has 1 atom stereocenters. The predicted molar refractivity (Wildman–Crippen MR) is 106 cm³/mol. The van der Waals surface area contributed by atoms with E-state index in [9.17, 15) is 9.59 Å². The SMILES string of the molecule is COC(=O)c1ccc(OCC(=O)N[C@H](c2ccc3c(c2)OCCO3)C(C)C)cc1. The van der Waals surface area contributed by atoms with Crippen molar-refractivity contribution in [3.63, 3.8) is 0 Å². The van der Waals surface area contributed by atoms with Crippen LogP contribution in [0.1, 0.15) is 35.8 Å². The molecule has 1 aliphatic heterocycles. The lowest BCUT2D eigenvalue weighted by molar-refractivity contribution is -0.124. The van der Waals surface area contributed by atoms with E-state index in [0.717, 1.165) is 5.56 Å². The Kier molecular flexibility index (Phi) is 6.59. The molecule has 0 unspecified atom stereocenters. The van der Waals surface area contributed by atoms with Gasteiger partial charge in [0.2, 0.25) is 0 Å². The number of carbonyl (C=O) groups is 2. The molecule has 154 valence electrons. The molecule has 0 bridgehead atoms. The number of amides is 1. The largest absolute Gasteiger partial charge is 0.486 e. The number of benzene rings is 2. The van der Waals surface area contributed by atoms with Gasteiger partial charge in [0.1, 0.15) is 19.0 Å². The number of hydrogen-bond donors (Lipinski definition) is 1. The van der Waals surface area contributed by atoms with Gasteiger partial charge in [0.05, 0.1) is 18.7 Å². The summed E-state index contributed by atoms with van der Waals surface area (Å²) in [6.07, 6.45) is 0. The Hall–Kier alpha value is -3.22. The van der Waals surface area contributed by atoms with Gasteiger partial charge in [-0.25, -0.2) is 4.79 Å². The maximum Gasteiger partial charge on any atom is 0.337 e. The maximum atomic E-state index is 12.4. The summed E-state index contributed by atoms with van der Waals surface area (Å²) in [5.41, 5.74) is 1.36. The molecule has 0 saturated carbocycles. The Morgan fingerprint density at radius 3 is 2.38 bits per heavy atom. The molecule has 1 aliphatic rings. The van der Waals surface area contributed by atoms with Crippen molar-refractivity contribution >= 4 is 11.9 Å². The Bertz CT molecular complexity index is 862. The molecular formula is C22H25NO6. The minimum Gasteiger partial charge on any atom is -0.486 e. The normalized spacial score (nSPS) is 13.5. The van der Waals surface area contributed by atoms with Crippen molar-refractivity contribution in [3.8, 4) is 17.2 Å². The van der Waals surface area contributed by atoms with E-state index >= 15 is 0 Å². The zero-order chi connectivity index (χ0) is 20.8. The topological polar surface area (TPSA) is 83.1 Å². The third-order valence-corrected chi connectivity index (χ3v) is 4.55. The van der Waals surface area contributed by atoms with Crippen molar-refractivity contribution in [2.75, 3.05) is 26.9 Å². The second-order valence-corrected chi connectivity index (χ2v) is 7.00. The summed E-state index contributed by atoms with van der Waals surface area (Å²) >= 11 is 0. The maximum absolute atomic E-state index is 12.4. The van der Waals surface area contributed by atoms with Crippen molar-refractivity contribution in [2.24, 2.45) is 5.92 Å². The van der Waals surface area contributed by atoms with Gasteiger partial charge in [-0.2, -0.15) is 0 Å². The number of esters is 1. The van der Waals surface area contributed by atoms with Gasteiger partial charge in [-0.15, -0.1) is 0 Å². The van der Waals surface area contributed by atoms with Crippen LogP contribution in [0.5, 0.6) is 17.2 Å². The van der Waals surface area contributed by atoms with Crippen molar-refractivity contribution < 1.29 is 28.5 Å². The van der Waals surface area contributed by atoms with Gasteiger partial charge in [-0.3, -0.25) is 4.79 Å². The number of rotatable bonds is 7. The summed E-state index contributed by atoms with van der Waals surface area (Å²) in [6, 6.07) is 11.9. The zero-order valence-corrected chi connectivity index (χ0v) is 16.8. The fourth-order valence-electron chi connectivity index (χ4n) is 3.06. The average molecular weight is 399 g/mol. The standard InChI is InChI=1S/C22H25NO6/c1-14(2)21(16-6-9-18-19(12-16)28-11-10-27-18)23-20(24)13-29-17-7-4-15(5-8-17)22(25)26-3/h4-9,12,14,21H,10-11,13H2,1-3H3,(H,23,24)/t21-/m0/s1. The number of ether oxygens (including phenoxy) is 4. The molecule has 2 aromatic carbocycles. The molecule has 0 radical (unpaired) electrons. The van der Waals surface area contributed by atoms with Crippen LogP contribution >= 0.6 is 0 Å². The number of fused-ring (bicyclic) bond motifs is 1. The summed E-state index contributed by atoms with van der Waals surface area (Å²) in [7, 11) is 1.32. The molecule has 1 heterocycles. The Balaban J connectivity index is 1.60. The molecule has 7 nitrogen and oxygen atoms in total. The van der Waals surface area contributed by atoms with Gasteiger partial charge >= 0.3 is 5.97 Å². The third kappa shape index (κ3) is 5.19. The fraction of sp³-hybridized carbons (Fsp3) is 0.364. The van der Waals surface area contributed by atoms with Gasteiger partial charge in [0.25, 0.3) is 5.91 Å². The molecule has 3 rings (SSSR count). The molecular weight excluding hydrogens is 374 g/mol. The van der Waals surface area contributed by atoms with Crippen LogP contribution in [0.3, 0.4) is 0 Å². The van der Waals surface area contributed by atoms with Crippen molar-refractivity contribution in [1.29, 1.82) is 0 Å². The molecule has 1 N–H and O–H groups in total. The van der Waals surface area contributed by atoms with Gasteiger partial charge < -0.3 is 24.3 Å². The molecule has 2 aromatic rings. The Morgan fingerprint density at radius 2 is 1.72 bits per heavy atom. The van der Waals surface area contributed by atoms with E-state index in [1.54, 1.807) is 24.3 Å². The minimum atomic E-state index is -0.423. The first-order chi connectivity index (χ1) is 14.0. The van der Waals surface area contributed by atoms with E-state index in [0.29, 0.717) is 36.0 Å². The molecule has 0 fully saturated rings. The molecule has 29 heavy (non-hydrogen) atoms. The summed E-state index contributed by atoms with van der Waals surface area (Å²) in [4.78, 5) is 23.9. The van der Waals surface area contributed by atoms with Gasteiger partial charge in [-0.05, 0) is 47.9 Å². The van der Waals surface area contributed by atoms with Gasteiger partial charge in [-0.1, -0.05) is 19.9 Å². The minimum absolute atomic E-state index is 0.134. The highest BCUT2D eigenvalue weighted by molar-refractivity contribution is 5.89. The summed E-state index contributed by atoms with van der Waals surface area (Å²) in [6.45, 7) is 4.99. The lowest BCUT2D eigenvalue weighted by Gasteiger charge is -2.25. The molecule has 1 amide bonds. The molecule has 0 aliphatic carbocycles. The zero-order valence-electron chi connectivity index (χ0n) is 16.8. The first kappa shape index (κ1) is 20.5. The summed E-state index contributed by atoms with van der Waals surface area (Å²) < 4.78 is 21.4. The molecule has 0 saturated heterocycles. The van der Waals surface area contributed by atoms with Crippen molar-refractivity contribution in [2.45, 2.75) is 19.9 Å². The number of nitrogens with one attached hydrogen (secondary N) is 1. The highest BCUT2D eigenvalue weighted by Gasteiger charge is 2.21. The van der Waals surface area contributed by atoms with Crippen LogP contribution in [0.25, 0.3) is 0 Å². The number of carbonyl (C=O) groups excluding carboxylic acids is 2. The molecule has 7 heteroatoms. The van der Waals surface area contributed by atoms with Gasteiger partial charge in [0.15, 0.2) is 18.1 Å². The van der Waals surface area contributed by atoms with Crippen LogP contribution < -0.4 is 19.5 Å². The van der Waals surface area contributed by atoms with Crippen molar-refractivity contribution in [3.05, 3.63) is 53.6 Å². The summed E-state index contributed by atoms with van der Waals surface area (Å²) in [5.74, 6) is 1.40. The first-order valence-electron chi connectivity index (χ1n) is 9.48. The van der Waals surface area contributed by atoms with Crippen LogP contribution in [0, 0.1) is 5.92 Å². The lowest BCUT2D eigenvalue weighted by atomic mass is 9.95. The fourth-order valence-corrected chi connectivity index (χ4v) is 3.06. The number of methoxy groups -OCH3 is 1. The van der Waals surface area contributed by atoms with Crippen LogP contribution in [0.2, 0.25) is 0 Å². The van der Waals surface area contributed by atoms with E-state index in [1.165, 1.54) is 7.11 Å². The Morgan fingerprint density at radius 1 is 1.03 bits per heavy atom. The smallest absolute Gasteiger partial charge is 0.337 e. The summed E-state index contributed by atoms with van der Waals surface area (Å²) in [5, 5.41) is 3.01. The van der Waals surface area contributed by atoms with Crippen LogP contribution in [0.15, 0.2) is 42.5 Å². The van der Waals surface area contributed by atoms with Crippen LogP contribution in [-0.4, -0.2) is 38.8 Å². The average Bonchev–Trinajstić information content (AvgIpc) is 2.75.